The number of hydrogen-bond acceptors (Lipinski definition) is 5. The molecule has 0 saturated carbocycles. The summed E-state index contributed by atoms with van der Waals surface area (Å²) in [7, 11) is 0. The number of aliphatic carboxylic acids is 1. The number of para-hydroxylation sites is 2. The summed E-state index contributed by atoms with van der Waals surface area (Å²) in [5.74, 6) is -1.70. The van der Waals surface area contributed by atoms with Crippen molar-refractivity contribution < 1.29 is 24.4 Å². The lowest BCUT2D eigenvalue weighted by atomic mass is 9.85. The minimum atomic E-state index is -1.03. The van der Waals surface area contributed by atoms with Crippen molar-refractivity contribution in [1.29, 1.82) is 0 Å². The normalized spacial score (nSPS) is 13.2. The van der Waals surface area contributed by atoms with Crippen molar-refractivity contribution in [1.82, 2.24) is 5.32 Å². The van der Waals surface area contributed by atoms with E-state index in [1.807, 2.05) is 0 Å². The Morgan fingerprint density at radius 3 is 2.52 bits per heavy atom. The van der Waals surface area contributed by atoms with E-state index in [-0.39, 0.29) is 23.8 Å². The van der Waals surface area contributed by atoms with Crippen LogP contribution in [0.2, 0.25) is 0 Å². The molecule has 2 N–H and O–H groups in total. The Balaban J connectivity index is 2.73. The van der Waals surface area contributed by atoms with Gasteiger partial charge in [-0.1, -0.05) is 26.0 Å². The molecule has 0 aromatic heterocycles. The van der Waals surface area contributed by atoms with E-state index in [1.165, 1.54) is 18.2 Å². The Hall–Kier alpha value is -2.64. The first-order chi connectivity index (χ1) is 10.7. The first kappa shape index (κ1) is 18.4. The standard InChI is InChI=1S/C15H20N2O6/c1-10(2)15(3,8-14(19)20)16-13(18)9-23-12-7-5-4-6-11(12)17(21)22/h4-7,10H,8-9H2,1-3H3,(H,16,18)(H,19,20). The first-order valence-corrected chi connectivity index (χ1v) is 7.04. The molecule has 1 aromatic rings. The van der Waals surface area contributed by atoms with E-state index < -0.39 is 28.9 Å². The molecular weight excluding hydrogens is 304 g/mol. The summed E-state index contributed by atoms with van der Waals surface area (Å²) >= 11 is 0. The van der Waals surface area contributed by atoms with Crippen molar-refractivity contribution in [2.45, 2.75) is 32.7 Å². The molecule has 1 unspecified atom stereocenters. The van der Waals surface area contributed by atoms with Gasteiger partial charge in [0.2, 0.25) is 0 Å². The zero-order valence-corrected chi connectivity index (χ0v) is 13.2. The van der Waals surface area contributed by atoms with Gasteiger partial charge >= 0.3 is 11.7 Å². The van der Waals surface area contributed by atoms with Crippen molar-refractivity contribution in [3.63, 3.8) is 0 Å². The van der Waals surface area contributed by atoms with E-state index >= 15 is 0 Å². The van der Waals surface area contributed by atoms with Crippen LogP contribution in [0.5, 0.6) is 5.75 Å². The topological polar surface area (TPSA) is 119 Å². The number of benzene rings is 1. The van der Waals surface area contributed by atoms with E-state index in [2.05, 4.69) is 5.32 Å². The van der Waals surface area contributed by atoms with Gasteiger partial charge in [-0.15, -0.1) is 0 Å². The van der Waals surface area contributed by atoms with E-state index in [0.717, 1.165) is 0 Å². The first-order valence-electron chi connectivity index (χ1n) is 7.04. The van der Waals surface area contributed by atoms with Crippen LogP contribution in [0, 0.1) is 16.0 Å². The van der Waals surface area contributed by atoms with Crippen LogP contribution in [-0.2, 0) is 9.59 Å². The third-order valence-electron chi connectivity index (χ3n) is 3.64. The van der Waals surface area contributed by atoms with Gasteiger partial charge in [0, 0.05) is 6.07 Å². The lowest BCUT2D eigenvalue weighted by Gasteiger charge is -2.33. The summed E-state index contributed by atoms with van der Waals surface area (Å²) < 4.78 is 5.19. The minimum Gasteiger partial charge on any atom is -0.481 e. The third kappa shape index (κ3) is 5.24. The van der Waals surface area contributed by atoms with Crippen molar-refractivity contribution >= 4 is 17.6 Å². The Morgan fingerprint density at radius 1 is 1.39 bits per heavy atom. The van der Waals surface area contributed by atoms with Gasteiger partial charge in [0.25, 0.3) is 5.91 Å². The van der Waals surface area contributed by atoms with Crippen LogP contribution in [0.4, 0.5) is 5.69 Å². The van der Waals surface area contributed by atoms with Crippen LogP contribution in [0.25, 0.3) is 0 Å². The molecule has 0 radical (unpaired) electrons. The Bertz CT molecular complexity index is 601. The van der Waals surface area contributed by atoms with E-state index in [0.29, 0.717) is 0 Å². The number of amides is 1. The van der Waals surface area contributed by atoms with E-state index in [9.17, 15) is 19.7 Å². The Kier molecular flexibility index (Phi) is 6.06. The van der Waals surface area contributed by atoms with E-state index in [1.54, 1.807) is 26.8 Å². The summed E-state index contributed by atoms with van der Waals surface area (Å²) in [5, 5.41) is 22.5. The van der Waals surface area contributed by atoms with Gasteiger partial charge in [-0.3, -0.25) is 19.7 Å². The SMILES string of the molecule is CC(C)C(C)(CC(=O)O)NC(=O)COc1ccccc1[N+](=O)[O-]. The average molecular weight is 324 g/mol. The molecule has 0 aliphatic heterocycles. The highest BCUT2D eigenvalue weighted by Gasteiger charge is 2.33. The lowest BCUT2D eigenvalue weighted by molar-refractivity contribution is -0.385. The number of rotatable bonds is 8. The average Bonchev–Trinajstić information content (AvgIpc) is 2.44. The summed E-state index contributed by atoms with van der Waals surface area (Å²) in [4.78, 5) is 33.2. The Labute approximate surface area is 133 Å². The van der Waals surface area contributed by atoms with Crippen LogP contribution in [0.3, 0.4) is 0 Å². The maximum absolute atomic E-state index is 12.0. The Morgan fingerprint density at radius 2 is 2.00 bits per heavy atom. The quantitative estimate of drug-likeness (QED) is 0.557. The van der Waals surface area contributed by atoms with Crippen molar-refractivity contribution in [3.8, 4) is 5.75 Å². The predicted molar refractivity (Wildman–Crippen MR) is 82.2 cm³/mol. The van der Waals surface area contributed by atoms with Crippen molar-refractivity contribution in [2.75, 3.05) is 6.61 Å². The molecule has 0 bridgehead atoms. The highest BCUT2D eigenvalue weighted by Crippen LogP contribution is 2.26. The largest absolute Gasteiger partial charge is 0.481 e. The number of ether oxygens (including phenoxy) is 1. The van der Waals surface area contributed by atoms with Crippen LogP contribution in [0.15, 0.2) is 24.3 Å². The van der Waals surface area contributed by atoms with Gasteiger partial charge in [-0.25, -0.2) is 0 Å². The second-order valence-corrected chi connectivity index (χ2v) is 5.70. The van der Waals surface area contributed by atoms with Gasteiger partial charge in [-0.2, -0.15) is 0 Å². The van der Waals surface area contributed by atoms with Gasteiger partial charge < -0.3 is 15.2 Å². The molecule has 1 rings (SSSR count). The van der Waals surface area contributed by atoms with Crippen LogP contribution in [-0.4, -0.2) is 34.1 Å². The zero-order chi connectivity index (χ0) is 17.6. The molecule has 0 heterocycles. The number of hydrogen-bond donors (Lipinski definition) is 2. The molecule has 0 spiro atoms. The molecule has 1 atom stereocenters. The monoisotopic (exact) mass is 324 g/mol. The summed E-state index contributed by atoms with van der Waals surface area (Å²) in [6, 6.07) is 5.72. The number of nitro groups is 1. The highest BCUT2D eigenvalue weighted by atomic mass is 16.6. The van der Waals surface area contributed by atoms with Gasteiger partial charge in [0.15, 0.2) is 12.4 Å². The third-order valence-corrected chi connectivity index (χ3v) is 3.64. The molecule has 8 nitrogen and oxygen atoms in total. The lowest BCUT2D eigenvalue weighted by Crippen LogP contribution is -2.52. The smallest absolute Gasteiger partial charge is 0.310 e. The van der Waals surface area contributed by atoms with Gasteiger partial charge in [-0.05, 0) is 18.9 Å². The summed E-state index contributed by atoms with van der Waals surface area (Å²) in [6.45, 7) is 4.79. The number of carboxylic acid groups (broad SMARTS) is 1. The van der Waals surface area contributed by atoms with Gasteiger partial charge in [0.1, 0.15) is 0 Å². The molecule has 23 heavy (non-hydrogen) atoms. The molecule has 0 aliphatic carbocycles. The molecule has 1 aromatic carbocycles. The molecule has 0 saturated heterocycles. The molecule has 8 heteroatoms. The second kappa shape index (κ2) is 7.57. The maximum Gasteiger partial charge on any atom is 0.310 e. The molecule has 0 aliphatic rings. The number of carbonyl (C=O) groups is 2. The molecule has 126 valence electrons. The minimum absolute atomic E-state index is 0.0165. The number of nitrogens with one attached hydrogen (secondary N) is 1. The zero-order valence-electron chi connectivity index (χ0n) is 13.2. The second-order valence-electron chi connectivity index (χ2n) is 5.70. The van der Waals surface area contributed by atoms with Crippen molar-refractivity contribution in [2.24, 2.45) is 5.92 Å². The van der Waals surface area contributed by atoms with Crippen LogP contribution in [0.1, 0.15) is 27.2 Å². The van der Waals surface area contributed by atoms with Crippen LogP contribution >= 0.6 is 0 Å². The number of carbonyl (C=O) groups excluding carboxylic acids is 1. The molecular formula is C15H20N2O6. The fraction of sp³-hybridized carbons (Fsp3) is 0.467. The van der Waals surface area contributed by atoms with Crippen LogP contribution < -0.4 is 10.1 Å². The molecule has 0 fully saturated rings. The van der Waals surface area contributed by atoms with E-state index in [4.69, 9.17) is 9.84 Å². The number of nitrogens with zero attached hydrogens (tertiary/aromatic N) is 1. The number of nitro benzene ring substituents is 1. The van der Waals surface area contributed by atoms with Crippen molar-refractivity contribution in [3.05, 3.63) is 34.4 Å². The summed E-state index contributed by atoms with van der Waals surface area (Å²) in [6.07, 6.45) is -0.234. The van der Waals surface area contributed by atoms with Gasteiger partial charge in [0.05, 0.1) is 16.9 Å². The highest BCUT2D eigenvalue weighted by molar-refractivity contribution is 5.79. The maximum atomic E-state index is 12.0. The fourth-order valence-corrected chi connectivity index (χ4v) is 1.93. The molecule has 1 amide bonds. The fourth-order valence-electron chi connectivity index (χ4n) is 1.93. The number of carboxylic acids is 1. The predicted octanol–water partition coefficient (Wildman–Crippen LogP) is 1.98. The summed E-state index contributed by atoms with van der Waals surface area (Å²) in [5.41, 5.74) is -1.17.